The number of fused-ring (bicyclic) bond motifs is 2. The van der Waals surface area contributed by atoms with Crippen molar-refractivity contribution in [2.24, 2.45) is 0 Å². The average Bonchev–Trinajstić information content (AvgIpc) is 2.51. The molecule has 0 bridgehead atoms. The quantitative estimate of drug-likeness (QED) is 0.668. The van der Waals surface area contributed by atoms with Gasteiger partial charge in [0, 0.05) is 28.9 Å². The molecule has 4 nitrogen and oxygen atoms in total. The van der Waals surface area contributed by atoms with E-state index >= 15 is 0 Å². The first-order chi connectivity index (χ1) is 11.0. The number of benzene rings is 2. The van der Waals surface area contributed by atoms with Crippen molar-refractivity contribution in [1.29, 1.82) is 0 Å². The van der Waals surface area contributed by atoms with E-state index in [0.29, 0.717) is 22.6 Å². The van der Waals surface area contributed by atoms with E-state index in [-0.39, 0.29) is 30.7 Å². The zero-order valence-corrected chi connectivity index (χ0v) is 16.3. The number of rotatable bonds is 4. The standard InChI is InChI=1S/C18H18ClN3O.2ClH/c1-22(2)8-7-20-18(23)15-11-14(19)10-13-9-12-5-3-4-6-16(12)21-17(13)15;;/h3-6,9-11H,7-8H2,1-2H3,(H,20,23);2*1H. The van der Waals surface area contributed by atoms with Crippen molar-refractivity contribution in [1.82, 2.24) is 15.2 Å². The highest BCUT2D eigenvalue weighted by Gasteiger charge is 2.13. The number of aromatic nitrogens is 1. The van der Waals surface area contributed by atoms with Gasteiger partial charge < -0.3 is 10.2 Å². The summed E-state index contributed by atoms with van der Waals surface area (Å²) in [6.07, 6.45) is 0. The third-order valence-electron chi connectivity index (χ3n) is 3.67. The maximum atomic E-state index is 12.5. The molecule has 0 saturated heterocycles. The fourth-order valence-electron chi connectivity index (χ4n) is 2.52. The van der Waals surface area contributed by atoms with E-state index in [1.54, 1.807) is 6.07 Å². The van der Waals surface area contributed by atoms with Crippen LogP contribution in [0.2, 0.25) is 5.02 Å². The highest BCUT2D eigenvalue weighted by molar-refractivity contribution is 6.32. The second-order valence-corrected chi connectivity index (χ2v) is 6.20. The smallest absolute Gasteiger partial charge is 0.253 e. The van der Waals surface area contributed by atoms with Gasteiger partial charge in [-0.15, -0.1) is 24.8 Å². The molecule has 0 radical (unpaired) electrons. The molecule has 0 unspecified atom stereocenters. The van der Waals surface area contributed by atoms with Gasteiger partial charge in [0.1, 0.15) is 0 Å². The Morgan fingerprint density at radius 2 is 1.84 bits per heavy atom. The van der Waals surface area contributed by atoms with Gasteiger partial charge in [-0.2, -0.15) is 0 Å². The van der Waals surface area contributed by atoms with Crippen LogP contribution < -0.4 is 5.32 Å². The molecular formula is C18H20Cl3N3O. The first-order valence-electron chi connectivity index (χ1n) is 7.46. The molecule has 0 fully saturated rings. The van der Waals surface area contributed by atoms with Crippen molar-refractivity contribution in [3.63, 3.8) is 0 Å². The second kappa shape index (κ2) is 9.20. The lowest BCUT2D eigenvalue weighted by Gasteiger charge is -2.12. The Kier molecular flexibility index (Phi) is 7.90. The van der Waals surface area contributed by atoms with Crippen molar-refractivity contribution in [3.05, 3.63) is 53.1 Å². The van der Waals surface area contributed by atoms with Crippen LogP contribution in [0, 0.1) is 0 Å². The van der Waals surface area contributed by atoms with E-state index < -0.39 is 0 Å². The summed E-state index contributed by atoms with van der Waals surface area (Å²) in [7, 11) is 3.93. The van der Waals surface area contributed by atoms with Crippen LogP contribution in [-0.4, -0.2) is 43.0 Å². The fraction of sp³-hybridized carbons (Fsp3) is 0.222. The molecule has 0 aliphatic carbocycles. The van der Waals surface area contributed by atoms with Gasteiger partial charge in [-0.1, -0.05) is 29.8 Å². The monoisotopic (exact) mass is 399 g/mol. The Labute approximate surface area is 164 Å². The molecule has 1 aromatic heterocycles. The van der Waals surface area contributed by atoms with E-state index in [9.17, 15) is 4.79 Å². The summed E-state index contributed by atoms with van der Waals surface area (Å²) in [6, 6.07) is 13.4. The molecule has 0 saturated carbocycles. The molecule has 134 valence electrons. The van der Waals surface area contributed by atoms with Crippen LogP contribution >= 0.6 is 36.4 Å². The lowest BCUT2D eigenvalue weighted by atomic mass is 10.1. The van der Waals surface area contributed by atoms with E-state index in [4.69, 9.17) is 11.6 Å². The van der Waals surface area contributed by atoms with Crippen LogP contribution in [0.4, 0.5) is 0 Å². The molecule has 0 spiro atoms. The van der Waals surface area contributed by atoms with Crippen LogP contribution in [0.15, 0.2) is 42.5 Å². The molecule has 1 amide bonds. The van der Waals surface area contributed by atoms with Crippen LogP contribution in [0.1, 0.15) is 10.4 Å². The number of likely N-dealkylation sites (N-methyl/N-ethyl adjacent to an activating group) is 1. The van der Waals surface area contributed by atoms with E-state index in [1.165, 1.54) is 0 Å². The summed E-state index contributed by atoms with van der Waals surface area (Å²) >= 11 is 6.19. The number of hydrogen-bond acceptors (Lipinski definition) is 3. The van der Waals surface area contributed by atoms with Crippen LogP contribution in [0.5, 0.6) is 0 Å². The van der Waals surface area contributed by atoms with Gasteiger partial charge in [-0.25, -0.2) is 4.98 Å². The summed E-state index contributed by atoms with van der Waals surface area (Å²) in [6.45, 7) is 1.36. The molecule has 0 atom stereocenters. The Hall–Kier alpha value is -1.59. The summed E-state index contributed by atoms with van der Waals surface area (Å²) in [5.74, 6) is -0.151. The van der Waals surface area contributed by atoms with Gasteiger partial charge in [0.2, 0.25) is 0 Å². The second-order valence-electron chi connectivity index (χ2n) is 5.77. The van der Waals surface area contributed by atoms with Crippen LogP contribution in [0.25, 0.3) is 21.8 Å². The fourth-order valence-corrected chi connectivity index (χ4v) is 2.74. The zero-order valence-electron chi connectivity index (χ0n) is 14.0. The van der Waals surface area contributed by atoms with Gasteiger partial charge in [0.25, 0.3) is 5.91 Å². The number of pyridine rings is 1. The first kappa shape index (κ1) is 21.5. The Balaban J connectivity index is 0.00000156. The minimum Gasteiger partial charge on any atom is -0.351 e. The highest BCUT2D eigenvalue weighted by Crippen LogP contribution is 2.26. The number of amides is 1. The number of halogens is 3. The summed E-state index contributed by atoms with van der Waals surface area (Å²) in [4.78, 5) is 19.2. The Morgan fingerprint density at radius 1 is 1.12 bits per heavy atom. The van der Waals surface area contributed by atoms with Gasteiger partial charge in [-0.05, 0) is 38.4 Å². The number of carbonyl (C=O) groups excluding carboxylic acids is 1. The summed E-state index contributed by atoms with van der Waals surface area (Å²) in [5.41, 5.74) is 2.05. The van der Waals surface area contributed by atoms with Crippen molar-refractivity contribution in [2.45, 2.75) is 0 Å². The third-order valence-corrected chi connectivity index (χ3v) is 3.89. The number of para-hydroxylation sites is 1. The average molecular weight is 401 g/mol. The van der Waals surface area contributed by atoms with Crippen molar-refractivity contribution in [2.75, 3.05) is 27.2 Å². The SMILES string of the molecule is CN(C)CCNC(=O)c1cc(Cl)cc2cc3ccccc3nc12.Cl.Cl. The Bertz CT molecular complexity index is 884. The molecule has 0 aliphatic heterocycles. The predicted octanol–water partition coefficient (Wildman–Crippen LogP) is 4.18. The highest BCUT2D eigenvalue weighted by atomic mass is 35.5. The molecule has 3 rings (SSSR count). The van der Waals surface area contributed by atoms with E-state index in [0.717, 1.165) is 22.8 Å². The minimum atomic E-state index is -0.151. The molecule has 1 N–H and O–H groups in total. The molecule has 2 aromatic carbocycles. The summed E-state index contributed by atoms with van der Waals surface area (Å²) in [5, 5.41) is 5.35. The predicted molar refractivity (Wildman–Crippen MR) is 110 cm³/mol. The van der Waals surface area contributed by atoms with Crippen molar-refractivity contribution < 1.29 is 4.79 Å². The number of hydrogen-bond donors (Lipinski definition) is 1. The number of nitrogens with zero attached hydrogens (tertiary/aromatic N) is 2. The van der Waals surface area contributed by atoms with Gasteiger partial charge in [-0.3, -0.25) is 4.79 Å². The Morgan fingerprint density at radius 3 is 2.56 bits per heavy atom. The lowest BCUT2D eigenvalue weighted by molar-refractivity contribution is 0.0952. The van der Waals surface area contributed by atoms with Gasteiger partial charge >= 0.3 is 0 Å². The molecular weight excluding hydrogens is 381 g/mol. The normalized spacial score (nSPS) is 10.4. The van der Waals surface area contributed by atoms with Gasteiger partial charge in [0.05, 0.1) is 16.6 Å². The molecule has 25 heavy (non-hydrogen) atoms. The molecule has 1 heterocycles. The molecule has 7 heteroatoms. The lowest BCUT2D eigenvalue weighted by Crippen LogP contribution is -2.31. The summed E-state index contributed by atoms with van der Waals surface area (Å²) < 4.78 is 0. The number of carbonyl (C=O) groups is 1. The number of nitrogens with one attached hydrogen (secondary N) is 1. The third kappa shape index (κ3) is 4.95. The topological polar surface area (TPSA) is 45.2 Å². The van der Waals surface area contributed by atoms with E-state index in [2.05, 4.69) is 10.3 Å². The van der Waals surface area contributed by atoms with E-state index in [1.807, 2.05) is 55.4 Å². The largest absolute Gasteiger partial charge is 0.351 e. The van der Waals surface area contributed by atoms with Crippen LogP contribution in [0.3, 0.4) is 0 Å². The zero-order chi connectivity index (χ0) is 16.4. The maximum absolute atomic E-state index is 12.5. The first-order valence-corrected chi connectivity index (χ1v) is 7.84. The molecule has 3 aromatic rings. The maximum Gasteiger partial charge on any atom is 0.253 e. The van der Waals surface area contributed by atoms with Gasteiger partial charge in [0.15, 0.2) is 0 Å². The molecule has 0 aliphatic rings. The van der Waals surface area contributed by atoms with Crippen molar-refractivity contribution in [3.8, 4) is 0 Å². The minimum absolute atomic E-state index is 0. The van der Waals surface area contributed by atoms with Crippen molar-refractivity contribution >= 4 is 64.1 Å². The van der Waals surface area contributed by atoms with Crippen LogP contribution in [-0.2, 0) is 0 Å².